The minimum Gasteiger partial charge on any atom is -0.316 e. The fourth-order valence-corrected chi connectivity index (χ4v) is 4.07. The molecular weight excluding hydrogens is 332 g/mol. The maximum Gasteiger partial charge on any atom is 0.240 e. The molecule has 0 amide bonds. The summed E-state index contributed by atoms with van der Waals surface area (Å²) in [5.74, 6) is 0.577. The lowest BCUT2D eigenvalue weighted by molar-refractivity contribution is 0.358. The molecule has 0 bridgehead atoms. The van der Waals surface area contributed by atoms with Crippen LogP contribution in [0.5, 0.6) is 0 Å². The van der Waals surface area contributed by atoms with Crippen LogP contribution in [0.4, 0.5) is 0 Å². The number of piperidine rings is 1. The zero-order valence-corrected chi connectivity index (χ0v) is 14.6. The Hall–Kier alpha value is -1.14. The molecule has 126 valence electrons. The van der Waals surface area contributed by atoms with Gasteiger partial charge in [-0.15, -0.1) is 12.4 Å². The van der Waals surface area contributed by atoms with Crippen molar-refractivity contribution in [2.75, 3.05) is 19.6 Å². The molecule has 2 aromatic carbocycles. The number of hydrogen-bond donors (Lipinski definition) is 2. The van der Waals surface area contributed by atoms with Crippen LogP contribution in [0.25, 0.3) is 10.8 Å². The van der Waals surface area contributed by atoms with E-state index in [2.05, 4.69) is 10.0 Å². The fraction of sp³-hybridized carbons (Fsp3) is 0.412. The first-order valence-electron chi connectivity index (χ1n) is 7.84. The SMILES string of the molecule is Cl.O=S(=O)(NCCC1CCCNC1)c1ccc2ccccc2c1. The van der Waals surface area contributed by atoms with Gasteiger partial charge in [-0.1, -0.05) is 30.3 Å². The molecule has 2 N–H and O–H groups in total. The molecule has 23 heavy (non-hydrogen) atoms. The molecule has 1 unspecified atom stereocenters. The first kappa shape index (κ1) is 18.2. The van der Waals surface area contributed by atoms with Crippen LogP contribution >= 0.6 is 12.4 Å². The monoisotopic (exact) mass is 354 g/mol. The number of benzene rings is 2. The van der Waals surface area contributed by atoms with Crippen LogP contribution in [-0.4, -0.2) is 28.1 Å². The van der Waals surface area contributed by atoms with E-state index in [0.29, 0.717) is 17.4 Å². The highest BCUT2D eigenvalue weighted by Crippen LogP contribution is 2.19. The minimum atomic E-state index is -3.42. The summed E-state index contributed by atoms with van der Waals surface area (Å²) in [4.78, 5) is 0.341. The van der Waals surface area contributed by atoms with Crippen LogP contribution in [0.1, 0.15) is 19.3 Å². The predicted molar refractivity (Wildman–Crippen MR) is 96.6 cm³/mol. The van der Waals surface area contributed by atoms with Gasteiger partial charge in [0.2, 0.25) is 10.0 Å². The number of sulfonamides is 1. The van der Waals surface area contributed by atoms with Crippen LogP contribution in [0.2, 0.25) is 0 Å². The largest absolute Gasteiger partial charge is 0.316 e. The van der Waals surface area contributed by atoms with Gasteiger partial charge in [-0.2, -0.15) is 0 Å². The third-order valence-corrected chi connectivity index (χ3v) is 5.73. The van der Waals surface area contributed by atoms with E-state index in [9.17, 15) is 8.42 Å². The van der Waals surface area contributed by atoms with E-state index < -0.39 is 10.0 Å². The standard InChI is InChI=1S/C17H22N2O2S.ClH/c20-22(21,19-11-9-14-4-3-10-18-13-14)17-8-7-15-5-1-2-6-16(15)12-17;/h1-2,5-8,12,14,18-19H,3-4,9-11,13H2;1H. The van der Waals surface area contributed by atoms with E-state index in [0.717, 1.165) is 30.3 Å². The molecule has 1 aliphatic rings. The average molecular weight is 355 g/mol. The van der Waals surface area contributed by atoms with Gasteiger partial charge in [0.15, 0.2) is 0 Å². The fourth-order valence-electron chi connectivity index (χ4n) is 2.99. The Labute approximate surface area is 144 Å². The highest BCUT2D eigenvalue weighted by atomic mass is 35.5. The molecule has 4 nitrogen and oxygen atoms in total. The van der Waals surface area contributed by atoms with E-state index in [1.807, 2.05) is 30.3 Å². The Bertz CT molecular complexity index is 743. The molecule has 1 aliphatic heterocycles. The highest BCUT2D eigenvalue weighted by Gasteiger charge is 2.16. The van der Waals surface area contributed by atoms with Crippen molar-refractivity contribution in [2.24, 2.45) is 5.92 Å². The van der Waals surface area contributed by atoms with Crippen molar-refractivity contribution in [3.05, 3.63) is 42.5 Å². The van der Waals surface area contributed by atoms with E-state index in [1.165, 1.54) is 12.8 Å². The highest BCUT2D eigenvalue weighted by molar-refractivity contribution is 7.89. The van der Waals surface area contributed by atoms with Gasteiger partial charge in [0, 0.05) is 6.54 Å². The quantitative estimate of drug-likeness (QED) is 0.868. The average Bonchev–Trinajstić information content (AvgIpc) is 2.55. The Morgan fingerprint density at radius 1 is 1.13 bits per heavy atom. The number of hydrogen-bond acceptors (Lipinski definition) is 3. The first-order chi connectivity index (χ1) is 10.6. The van der Waals surface area contributed by atoms with Gasteiger partial charge in [-0.25, -0.2) is 13.1 Å². The minimum absolute atomic E-state index is 0. The molecule has 0 radical (unpaired) electrons. The van der Waals surface area contributed by atoms with Crippen molar-refractivity contribution in [1.82, 2.24) is 10.0 Å². The third-order valence-electron chi connectivity index (χ3n) is 4.27. The summed E-state index contributed by atoms with van der Waals surface area (Å²) in [7, 11) is -3.42. The van der Waals surface area contributed by atoms with Gasteiger partial charge in [0.1, 0.15) is 0 Å². The molecule has 2 aromatic rings. The molecule has 1 saturated heterocycles. The van der Waals surface area contributed by atoms with Crippen molar-refractivity contribution >= 4 is 33.2 Å². The van der Waals surface area contributed by atoms with E-state index >= 15 is 0 Å². The van der Waals surface area contributed by atoms with Gasteiger partial charge in [0.25, 0.3) is 0 Å². The van der Waals surface area contributed by atoms with Crippen LogP contribution in [0.3, 0.4) is 0 Å². The number of nitrogens with one attached hydrogen (secondary N) is 2. The van der Waals surface area contributed by atoms with E-state index in [-0.39, 0.29) is 12.4 Å². The smallest absolute Gasteiger partial charge is 0.240 e. The maximum absolute atomic E-state index is 12.4. The Kier molecular flexibility index (Phi) is 6.41. The van der Waals surface area contributed by atoms with Crippen molar-refractivity contribution < 1.29 is 8.42 Å². The van der Waals surface area contributed by atoms with Crippen LogP contribution in [0, 0.1) is 5.92 Å². The molecule has 0 saturated carbocycles. The lowest BCUT2D eigenvalue weighted by Gasteiger charge is -2.22. The summed E-state index contributed by atoms with van der Waals surface area (Å²) >= 11 is 0. The lowest BCUT2D eigenvalue weighted by atomic mass is 9.96. The zero-order chi connectivity index (χ0) is 15.4. The molecule has 3 rings (SSSR count). The van der Waals surface area contributed by atoms with Gasteiger partial charge >= 0.3 is 0 Å². The molecule has 0 spiro atoms. The normalized spacial score (nSPS) is 18.5. The summed E-state index contributed by atoms with van der Waals surface area (Å²) in [6.45, 7) is 2.58. The van der Waals surface area contributed by atoms with E-state index in [4.69, 9.17) is 0 Å². The molecule has 0 aromatic heterocycles. The predicted octanol–water partition coefficient (Wildman–Crippen LogP) is 2.93. The van der Waals surface area contributed by atoms with Crippen LogP contribution in [0.15, 0.2) is 47.4 Å². The van der Waals surface area contributed by atoms with E-state index in [1.54, 1.807) is 12.1 Å². The summed E-state index contributed by atoms with van der Waals surface area (Å²) in [6, 6.07) is 13.0. The number of rotatable bonds is 5. The second-order valence-corrected chi connectivity index (χ2v) is 7.67. The summed E-state index contributed by atoms with van der Waals surface area (Å²) in [6.07, 6.45) is 3.26. The van der Waals surface area contributed by atoms with Gasteiger partial charge in [0.05, 0.1) is 4.90 Å². The number of fused-ring (bicyclic) bond motifs is 1. The summed E-state index contributed by atoms with van der Waals surface area (Å²) in [5.41, 5.74) is 0. The van der Waals surface area contributed by atoms with Crippen molar-refractivity contribution in [3.8, 4) is 0 Å². The topological polar surface area (TPSA) is 58.2 Å². The lowest BCUT2D eigenvalue weighted by Crippen LogP contribution is -2.33. The van der Waals surface area contributed by atoms with Gasteiger partial charge < -0.3 is 5.32 Å². The maximum atomic E-state index is 12.4. The molecule has 6 heteroatoms. The molecular formula is C17H23ClN2O2S. The molecule has 1 fully saturated rings. The Balaban J connectivity index is 0.00000192. The second kappa shape index (κ2) is 8.11. The van der Waals surface area contributed by atoms with Crippen LogP contribution < -0.4 is 10.0 Å². The first-order valence-corrected chi connectivity index (χ1v) is 9.33. The second-order valence-electron chi connectivity index (χ2n) is 5.91. The molecule has 1 heterocycles. The van der Waals surface area contributed by atoms with Crippen molar-refractivity contribution in [1.29, 1.82) is 0 Å². The summed E-state index contributed by atoms with van der Waals surface area (Å²) in [5, 5.41) is 5.35. The molecule has 1 atom stereocenters. The number of halogens is 1. The van der Waals surface area contributed by atoms with Crippen LogP contribution in [-0.2, 0) is 10.0 Å². The Morgan fingerprint density at radius 2 is 1.91 bits per heavy atom. The van der Waals surface area contributed by atoms with Crippen molar-refractivity contribution in [3.63, 3.8) is 0 Å². The van der Waals surface area contributed by atoms with Crippen molar-refractivity contribution in [2.45, 2.75) is 24.2 Å². The molecule has 0 aliphatic carbocycles. The zero-order valence-electron chi connectivity index (χ0n) is 13.0. The van der Waals surface area contributed by atoms with Gasteiger partial charge in [-0.05, 0) is 61.2 Å². The van der Waals surface area contributed by atoms with Gasteiger partial charge in [-0.3, -0.25) is 0 Å². The third kappa shape index (κ3) is 4.67. The summed E-state index contributed by atoms with van der Waals surface area (Å²) < 4.78 is 27.5. The Morgan fingerprint density at radius 3 is 2.65 bits per heavy atom.